The average Bonchev–Trinajstić information content (AvgIpc) is 2.92. The van der Waals surface area contributed by atoms with Crippen LogP contribution in [-0.2, 0) is 16.0 Å². The van der Waals surface area contributed by atoms with Crippen LogP contribution in [0, 0.1) is 11.7 Å². The van der Waals surface area contributed by atoms with E-state index in [1.165, 1.54) is 12.1 Å². The lowest BCUT2D eigenvalue weighted by Crippen LogP contribution is -2.36. The number of nitrogens with zero attached hydrogens (tertiary/aromatic N) is 1. The number of hydrogen-bond donors (Lipinski definition) is 2. The van der Waals surface area contributed by atoms with Gasteiger partial charge in [0.05, 0.1) is 33.0 Å². The highest BCUT2D eigenvalue weighted by atomic mass is 35.5. The molecule has 1 fully saturated rings. The molecule has 0 unspecified atom stereocenters. The maximum atomic E-state index is 13.9. The molecule has 0 aromatic heterocycles. The molecule has 2 N–H and O–H groups in total. The summed E-state index contributed by atoms with van der Waals surface area (Å²) in [5.41, 5.74) is 4.66. The summed E-state index contributed by atoms with van der Waals surface area (Å²) in [5.74, 6) is -0.370. The molecule has 0 spiro atoms. The van der Waals surface area contributed by atoms with E-state index < -0.39 is 11.8 Å². The van der Waals surface area contributed by atoms with Crippen LogP contribution < -0.4 is 10.2 Å². The van der Waals surface area contributed by atoms with Crippen molar-refractivity contribution in [2.75, 3.05) is 11.4 Å². The zero-order valence-corrected chi connectivity index (χ0v) is 26.3. The molecule has 1 amide bonds. The Morgan fingerprint density at radius 3 is 2.19 bits per heavy atom. The Hall–Kier alpha value is -2.64. The number of amides is 1. The highest BCUT2D eigenvalue weighted by Gasteiger charge is 2.33. The predicted molar refractivity (Wildman–Crippen MR) is 170 cm³/mol. The lowest BCUT2D eigenvalue weighted by Gasteiger charge is -2.35. The number of para-hydroxylation sites is 1. The molecule has 2 aliphatic rings. The van der Waals surface area contributed by atoms with Crippen LogP contribution in [-0.4, -0.2) is 29.6 Å². The van der Waals surface area contributed by atoms with Crippen molar-refractivity contribution < 1.29 is 19.1 Å². The van der Waals surface area contributed by atoms with E-state index in [1.807, 2.05) is 6.07 Å². The lowest BCUT2D eigenvalue weighted by atomic mass is 9.79. The minimum atomic E-state index is -0.870. The van der Waals surface area contributed by atoms with E-state index in [0.717, 1.165) is 48.3 Å². The molecule has 0 atom stereocenters. The van der Waals surface area contributed by atoms with Crippen molar-refractivity contribution in [2.24, 2.45) is 5.92 Å². The molecule has 1 saturated carbocycles. The largest absolute Gasteiger partial charge is 0.480 e. The van der Waals surface area contributed by atoms with Gasteiger partial charge >= 0.3 is 5.97 Å². The van der Waals surface area contributed by atoms with Gasteiger partial charge in [-0.25, -0.2) is 4.39 Å². The number of aliphatic carboxylic acids is 1. The Kier molecular flexibility index (Phi) is 10.9. The third-order valence-electron chi connectivity index (χ3n) is 7.45. The van der Waals surface area contributed by atoms with Gasteiger partial charge in [0, 0.05) is 18.0 Å². The molecule has 3 aromatic rings. The summed E-state index contributed by atoms with van der Waals surface area (Å²) in [4.78, 5) is 25.9. The normalized spacial score (nSPS) is 18.4. The van der Waals surface area contributed by atoms with Crippen LogP contribution in [0.2, 0.25) is 15.1 Å². The number of benzene rings is 3. The fraction of sp³-hybridized carbons (Fsp3) is 0.394. The van der Waals surface area contributed by atoms with E-state index in [9.17, 15) is 14.0 Å². The van der Waals surface area contributed by atoms with Crippen LogP contribution in [0.5, 0.6) is 0 Å². The van der Waals surface area contributed by atoms with Crippen molar-refractivity contribution in [2.45, 2.75) is 71.3 Å². The van der Waals surface area contributed by atoms with Gasteiger partial charge in [0.25, 0.3) is 0 Å². The van der Waals surface area contributed by atoms with E-state index in [-0.39, 0.29) is 30.8 Å². The fourth-order valence-electron chi connectivity index (χ4n) is 5.61. The molecule has 42 heavy (non-hydrogen) atoms. The van der Waals surface area contributed by atoms with Crippen LogP contribution in [0.15, 0.2) is 48.5 Å². The molecule has 1 aliphatic carbocycles. The SMILES string of the molecule is CC(C)C.O=C(O)CNC1CCC(c2cc(-c3ccc(F)cc3Cl)c3c(c2)N(c2c(Cl)cccc2Cl)C(=O)CC3)CC1. The van der Waals surface area contributed by atoms with E-state index in [4.69, 9.17) is 39.9 Å². The molecule has 5 nitrogen and oxygen atoms in total. The molecule has 0 bridgehead atoms. The Morgan fingerprint density at radius 2 is 1.60 bits per heavy atom. The second-order valence-electron chi connectivity index (χ2n) is 11.5. The highest BCUT2D eigenvalue weighted by Crippen LogP contribution is 2.48. The Bertz CT molecular complexity index is 1430. The maximum absolute atomic E-state index is 13.9. The van der Waals surface area contributed by atoms with Crippen molar-refractivity contribution in [1.82, 2.24) is 5.32 Å². The number of carboxylic acid groups (broad SMARTS) is 1. The van der Waals surface area contributed by atoms with Crippen LogP contribution >= 0.6 is 34.8 Å². The molecule has 9 heteroatoms. The first-order valence-corrected chi connectivity index (χ1v) is 15.4. The van der Waals surface area contributed by atoms with Crippen molar-refractivity contribution in [3.63, 3.8) is 0 Å². The highest BCUT2D eigenvalue weighted by molar-refractivity contribution is 6.40. The second-order valence-corrected chi connectivity index (χ2v) is 12.8. The molecule has 1 aliphatic heterocycles. The molecule has 1 heterocycles. The van der Waals surface area contributed by atoms with Gasteiger partial charge in [-0.15, -0.1) is 0 Å². The van der Waals surface area contributed by atoms with Gasteiger partial charge in [0.1, 0.15) is 5.82 Å². The Morgan fingerprint density at radius 1 is 0.952 bits per heavy atom. The van der Waals surface area contributed by atoms with Crippen molar-refractivity contribution in [3.05, 3.63) is 80.5 Å². The van der Waals surface area contributed by atoms with E-state index in [2.05, 4.69) is 32.2 Å². The third-order valence-corrected chi connectivity index (χ3v) is 8.37. The van der Waals surface area contributed by atoms with Gasteiger partial charge in [-0.2, -0.15) is 0 Å². The monoisotopic (exact) mass is 632 g/mol. The summed E-state index contributed by atoms with van der Waals surface area (Å²) in [7, 11) is 0. The Balaban J connectivity index is 0.000000952. The predicted octanol–water partition coefficient (Wildman–Crippen LogP) is 9.43. The number of hydrogen-bond acceptors (Lipinski definition) is 3. The molecular weight excluding hydrogens is 598 g/mol. The smallest absolute Gasteiger partial charge is 0.317 e. The summed E-state index contributed by atoms with van der Waals surface area (Å²) in [6.45, 7) is 6.44. The molecule has 0 radical (unpaired) electrons. The first-order valence-electron chi connectivity index (χ1n) is 14.3. The molecule has 3 aromatic carbocycles. The third kappa shape index (κ3) is 7.65. The van der Waals surface area contributed by atoms with Crippen LogP contribution in [0.1, 0.15) is 69.9 Å². The maximum Gasteiger partial charge on any atom is 0.317 e. The van der Waals surface area contributed by atoms with Crippen molar-refractivity contribution >= 4 is 58.1 Å². The number of halogens is 4. The molecule has 224 valence electrons. The molecule has 5 rings (SSSR count). The number of carbonyl (C=O) groups is 2. The number of rotatable bonds is 6. The standard InChI is InChI=1S/C29H26Cl3FN2O3.C4H10/c30-23-2-1-3-24(31)29(23)35-26-13-17(16-4-7-19(8-5-16)34-15-28(37)38)12-22(21(26)10-11-27(35)36)20-9-6-18(33)14-25(20)32;1-4(2)3/h1-3,6,9,12-14,16,19,34H,4-5,7-8,10-11,15H2,(H,37,38);4H,1-3H3. The summed E-state index contributed by atoms with van der Waals surface area (Å²) < 4.78 is 13.9. The van der Waals surface area contributed by atoms with E-state index >= 15 is 0 Å². The molecular formula is C33H36Cl3FN2O3. The number of carbonyl (C=O) groups excluding carboxylic acids is 1. The zero-order chi connectivity index (χ0) is 30.6. The van der Waals surface area contributed by atoms with Gasteiger partial charge in [-0.1, -0.05) is 67.7 Å². The quantitative estimate of drug-likeness (QED) is 0.284. The van der Waals surface area contributed by atoms with Crippen molar-refractivity contribution in [3.8, 4) is 11.1 Å². The summed E-state index contributed by atoms with van der Waals surface area (Å²) in [6.07, 6.45) is 4.14. The van der Waals surface area contributed by atoms with E-state index in [0.29, 0.717) is 38.4 Å². The number of fused-ring (bicyclic) bond motifs is 1. The first kappa shape index (κ1) is 32.3. The summed E-state index contributed by atoms with van der Waals surface area (Å²) in [6, 6.07) is 13.8. The number of anilines is 2. The number of carboxylic acids is 1. The average molecular weight is 634 g/mol. The summed E-state index contributed by atoms with van der Waals surface area (Å²) >= 11 is 19.7. The van der Waals surface area contributed by atoms with Crippen molar-refractivity contribution in [1.29, 1.82) is 0 Å². The second kappa shape index (κ2) is 14.2. The lowest BCUT2D eigenvalue weighted by molar-refractivity contribution is -0.136. The minimum absolute atomic E-state index is 0.0585. The van der Waals surface area contributed by atoms with Gasteiger partial charge < -0.3 is 10.4 Å². The van der Waals surface area contributed by atoms with Gasteiger partial charge in [-0.3, -0.25) is 14.5 Å². The van der Waals surface area contributed by atoms with Crippen LogP contribution in [0.3, 0.4) is 0 Å². The fourth-order valence-corrected chi connectivity index (χ4v) is 6.45. The topological polar surface area (TPSA) is 69.6 Å². The van der Waals surface area contributed by atoms with Gasteiger partial charge in [-0.05, 0) is 97.0 Å². The Labute approximate surface area is 262 Å². The molecule has 0 saturated heterocycles. The van der Waals surface area contributed by atoms with Crippen LogP contribution in [0.4, 0.5) is 15.8 Å². The van der Waals surface area contributed by atoms with E-state index in [1.54, 1.807) is 29.2 Å². The van der Waals surface area contributed by atoms with Crippen LogP contribution in [0.25, 0.3) is 11.1 Å². The first-order chi connectivity index (χ1) is 20.0. The van der Waals surface area contributed by atoms with Gasteiger partial charge in [0.2, 0.25) is 5.91 Å². The number of nitrogens with one attached hydrogen (secondary N) is 1. The zero-order valence-electron chi connectivity index (χ0n) is 24.0. The summed E-state index contributed by atoms with van der Waals surface area (Å²) in [5, 5.41) is 13.1. The minimum Gasteiger partial charge on any atom is -0.480 e. The van der Waals surface area contributed by atoms with Gasteiger partial charge in [0.15, 0.2) is 0 Å².